The molecule has 1 N–H and O–H groups in total. The molecule has 6 rings (SSSR count). The number of ether oxygens (including phenoxy) is 2. The van der Waals surface area contributed by atoms with Crippen LogP contribution in [0.1, 0.15) is 63.6 Å². The predicted molar refractivity (Wildman–Crippen MR) is 135 cm³/mol. The fourth-order valence-electron chi connectivity index (χ4n) is 5.98. The molecule has 0 saturated carbocycles. The summed E-state index contributed by atoms with van der Waals surface area (Å²) in [6.07, 6.45) is 4.56. The van der Waals surface area contributed by atoms with Crippen LogP contribution in [0.2, 0.25) is 0 Å². The van der Waals surface area contributed by atoms with Gasteiger partial charge in [0.2, 0.25) is 0 Å². The van der Waals surface area contributed by atoms with Crippen LogP contribution in [0.5, 0.6) is 5.75 Å². The number of nitrogens with one attached hydrogen (secondary N) is 1. The van der Waals surface area contributed by atoms with Gasteiger partial charge in [-0.05, 0) is 91.1 Å². The number of hydrogen-bond donors (Lipinski definition) is 1. The second kappa shape index (κ2) is 9.81. The summed E-state index contributed by atoms with van der Waals surface area (Å²) in [7, 11) is 0. The van der Waals surface area contributed by atoms with Crippen LogP contribution in [-0.4, -0.2) is 43.3 Å². The Morgan fingerprint density at radius 1 is 1.20 bits per heavy atom. The van der Waals surface area contributed by atoms with Gasteiger partial charge in [0, 0.05) is 12.1 Å². The Balaban J connectivity index is 1.33. The molecule has 4 aliphatic rings. The first-order chi connectivity index (χ1) is 16.8. The molecule has 188 valence electrons. The van der Waals surface area contributed by atoms with Gasteiger partial charge in [0.15, 0.2) is 0 Å². The summed E-state index contributed by atoms with van der Waals surface area (Å²) in [6, 6.07) is 10.9. The van der Waals surface area contributed by atoms with Gasteiger partial charge in [0.1, 0.15) is 17.7 Å². The maximum absolute atomic E-state index is 15.4. The molecule has 2 aromatic rings. The number of alkyl carbamates (subject to hydrolysis) is 1. The van der Waals surface area contributed by atoms with Crippen molar-refractivity contribution in [3.05, 3.63) is 53.3 Å². The minimum atomic E-state index is -0.393. The first-order valence-electron chi connectivity index (χ1n) is 13.1. The fourth-order valence-corrected chi connectivity index (χ4v) is 5.98. The van der Waals surface area contributed by atoms with Gasteiger partial charge in [-0.25, -0.2) is 9.18 Å². The number of halogens is 1. The van der Waals surface area contributed by atoms with E-state index < -0.39 is 6.09 Å². The maximum Gasteiger partial charge on any atom is 0.407 e. The molecule has 2 atom stereocenters. The summed E-state index contributed by atoms with van der Waals surface area (Å²) in [5.74, 6) is 0.923. The van der Waals surface area contributed by atoms with Crippen LogP contribution >= 0.6 is 0 Å². The molecular formula is C29H37FN2O3. The van der Waals surface area contributed by atoms with E-state index in [1.165, 1.54) is 0 Å². The molecular weight excluding hydrogens is 443 g/mol. The largest absolute Gasteiger partial charge is 0.494 e. The molecule has 2 aromatic carbocycles. The molecule has 6 heteroatoms. The Morgan fingerprint density at radius 3 is 2.71 bits per heavy atom. The van der Waals surface area contributed by atoms with Gasteiger partial charge in [0.05, 0.1) is 12.6 Å². The lowest BCUT2D eigenvalue weighted by atomic mass is 9.85. The average Bonchev–Trinajstić information content (AvgIpc) is 3.08. The molecule has 35 heavy (non-hydrogen) atoms. The third-order valence-electron chi connectivity index (χ3n) is 8.00. The van der Waals surface area contributed by atoms with Crippen molar-refractivity contribution in [3.63, 3.8) is 0 Å². The number of carbonyl (C=O) groups is 1. The lowest BCUT2D eigenvalue weighted by molar-refractivity contribution is -0.0349. The highest BCUT2D eigenvalue weighted by Gasteiger charge is 2.42. The summed E-state index contributed by atoms with van der Waals surface area (Å²) < 4.78 is 27.1. The smallest absolute Gasteiger partial charge is 0.407 e. The van der Waals surface area contributed by atoms with Gasteiger partial charge >= 0.3 is 6.09 Å². The lowest BCUT2D eigenvalue weighted by Gasteiger charge is -2.44. The van der Waals surface area contributed by atoms with Gasteiger partial charge in [0.25, 0.3) is 0 Å². The summed E-state index contributed by atoms with van der Waals surface area (Å²) >= 11 is 0. The second-order valence-electron chi connectivity index (χ2n) is 11.1. The Bertz CT molecular complexity index is 1080. The van der Waals surface area contributed by atoms with Crippen molar-refractivity contribution in [3.8, 4) is 16.9 Å². The summed E-state index contributed by atoms with van der Waals surface area (Å²) in [5.41, 5.74) is 3.03. The number of rotatable bonds is 7. The molecule has 3 fully saturated rings. The van der Waals surface area contributed by atoms with Crippen molar-refractivity contribution in [1.82, 2.24) is 10.2 Å². The number of amides is 1. The Kier molecular flexibility index (Phi) is 6.75. The van der Waals surface area contributed by atoms with Crippen LogP contribution in [0, 0.1) is 17.2 Å². The molecule has 1 aliphatic carbocycles. The van der Waals surface area contributed by atoms with Gasteiger partial charge in [-0.15, -0.1) is 0 Å². The zero-order valence-corrected chi connectivity index (χ0v) is 21.1. The van der Waals surface area contributed by atoms with Crippen molar-refractivity contribution >= 4 is 6.09 Å². The van der Waals surface area contributed by atoms with E-state index in [0.29, 0.717) is 18.1 Å². The normalized spacial score (nSPS) is 26.3. The van der Waals surface area contributed by atoms with Crippen LogP contribution in [0.3, 0.4) is 0 Å². The van der Waals surface area contributed by atoms with E-state index in [9.17, 15) is 4.79 Å². The molecule has 3 heterocycles. The molecule has 0 aromatic heterocycles. The molecule has 0 spiro atoms. The number of fused-ring (bicyclic) bond motifs is 4. The number of carbonyl (C=O) groups excluding carboxylic acids is 1. The third kappa shape index (κ3) is 5.04. The topological polar surface area (TPSA) is 50.8 Å². The zero-order valence-electron chi connectivity index (χ0n) is 21.1. The number of unbranched alkanes of at least 4 members (excludes halogenated alkanes) is 1. The molecule has 3 saturated heterocycles. The predicted octanol–water partition coefficient (Wildman–Crippen LogP) is 6.12. The summed E-state index contributed by atoms with van der Waals surface area (Å²) in [4.78, 5) is 15.3. The van der Waals surface area contributed by atoms with E-state index in [1.54, 1.807) is 6.07 Å². The Labute approximate surface area is 208 Å². The van der Waals surface area contributed by atoms with Crippen LogP contribution in [0.25, 0.3) is 11.1 Å². The minimum Gasteiger partial charge on any atom is -0.494 e. The average molecular weight is 481 g/mol. The van der Waals surface area contributed by atoms with Crippen LogP contribution in [0.15, 0.2) is 36.4 Å². The highest BCUT2D eigenvalue weighted by molar-refractivity contribution is 5.71. The van der Waals surface area contributed by atoms with Gasteiger partial charge < -0.3 is 14.8 Å². The maximum atomic E-state index is 15.4. The molecule has 0 radical (unpaired) electrons. The first kappa shape index (κ1) is 24.1. The molecule has 1 amide bonds. The quantitative estimate of drug-likeness (QED) is 0.486. The highest BCUT2D eigenvalue weighted by Crippen LogP contribution is 2.47. The molecule has 2 bridgehead atoms. The van der Waals surface area contributed by atoms with Crippen molar-refractivity contribution in [2.24, 2.45) is 11.3 Å². The van der Waals surface area contributed by atoms with Crippen molar-refractivity contribution in [1.29, 1.82) is 0 Å². The second-order valence-corrected chi connectivity index (χ2v) is 11.1. The number of nitrogens with zero attached hydrogens (tertiary/aromatic N) is 1. The first-order valence-corrected chi connectivity index (χ1v) is 13.1. The van der Waals surface area contributed by atoms with E-state index >= 15 is 4.39 Å². The van der Waals surface area contributed by atoms with Gasteiger partial charge in [-0.2, -0.15) is 0 Å². The Morgan fingerprint density at radius 2 is 2.00 bits per heavy atom. The van der Waals surface area contributed by atoms with Crippen molar-refractivity contribution in [2.45, 2.75) is 65.0 Å². The van der Waals surface area contributed by atoms with E-state index in [1.807, 2.05) is 30.3 Å². The standard InChI is InChI=1S/C29H37FN2O3/c1-4-5-13-34-22-8-6-7-20(14-22)23-15-21-17-29(2,3)27(24(21)16-25(23)30)31-28(33)35-26-18-32-11-9-19(26)10-12-32/h6-8,14-16,19,26-27H,4-5,9-13,17-18H2,1-3H3,(H,31,33)/t26-,27?/m0/s1. The third-order valence-corrected chi connectivity index (χ3v) is 8.00. The SMILES string of the molecule is CCCCOc1cccc(-c2cc3c(cc2F)C(NC(=O)O[C@H]2CN4CCC2CC4)C(C)(C)C3)c1. The molecule has 1 unspecified atom stereocenters. The van der Waals surface area contributed by atoms with E-state index in [2.05, 4.69) is 31.0 Å². The zero-order chi connectivity index (χ0) is 24.6. The minimum absolute atomic E-state index is 0.0487. The lowest BCUT2D eigenvalue weighted by Crippen LogP contribution is -2.53. The Hall–Kier alpha value is -2.60. The molecule has 3 aliphatic heterocycles. The van der Waals surface area contributed by atoms with E-state index in [4.69, 9.17) is 9.47 Å². The van der Waals surface area contributed by atoms with Gasteiger partial charge in [-0.3, -0.25) is 4.90 Å². The summed E-state index contributed by atoms with van der Waals surface area (Å²) in [6.45, 7) is 10.0. The monoisotopic (exact) mass is 480 g/mol. The number of hydrogen-bond acceptors (Lipinski definition) is 4. The summed E-state index contributed by atoms with van der Waals surface area (Å²) in [5, 5.41) is 3.09. The van der Waals surface area contributed by atoms with Crippen LogP contribution in [-0.2, 0) is 11.2 Å². The van der Waals surface area contributed by atoms with Crippen molar-refractivity contribution < 1.29 is 18.7 Å². The van der Waals surface area contributed by atoms with Crippen molar-refractivity contribution in [2.75, 3.05) is 26.2 Å². The number of benzene rings is 2. The highest BCUT2D eigenvalue weighted by atomic mass is 19.1. The fraction of sp³-hybridized carbons (Fsp3) is 0.552. The van der Waals surface area contributed by atoms with Crippen LogP contribution < -0.4 is 10.1 Å². The number of piperidine rings is 3. The van der Waals surface area contributed by atoms with E-state index in [-0.39, 0.29) is 23.4 Å². The van der Waals surface area contributed by atoms with E-state index in [0.717, 1.165) is 74.2 Å². The molecule has 5 nitrogen and oxygen atoms in total. The van der Waals surface area contributed by atoms with Gasteiger partial charge in [-0.1, -0.05) is 39.3 Å². The van der Waals surface area contributed by atoms with Crippen LogP contribution in [0.4, 0.5) is 9.18 Å².